The monoisotopic (exact) mass is 331 g/mol. The Morgan fingerprint density at radius 2 is 1.83 bits per heavy atom. The van der Waals surface area contributed by atoms with E-state index < -0.39 is 11.7 Å². The molecule has 0 radical (unpaired) electrons. The molecule has 0 bridgehead atoms. The van der Waals surface area contributed by atoms with Gasteiger partial charge in [0.1, 0.15) is 5.75 Å². The van der Waals surface area contributed by atoms with Gasteiger partial charge in [0.15, 0.2) is 0 Å². The van der Waals surface area contributed by atoms with E-state index in [-0.39, 0.29) is 23.3 Å². The standard InChI is InChI=1S/C19H25NO4/c1-18(2,3)14-8-10-19(11-9-14)20(23)16(17(22)24-19)12-13-4-6-15(21)7-5-13/h4-7,14,21H,8-12H2,1-3H3. The van der Waals surface area contributed by atoms with Crippen LogP contribution in [-0.2, 0) is 16.0 Å². The second-order valence-corrected chi connectivity index (χ2v) is 8.06. The molecule has 24 heavy (non-hydrogen) atoms. The summed E-state index contributed by atoms with van der Waals surface area (Å²) in [5.74, 6) is 0.192. The molecule has 1 spiro atoms. The molecule has 2 aliphatic rings. The lowest BCUT2D eigenvalue weighted by atomic mass is 9.70. The van der Waals surface area contributed by atoms with Crippen LogP contribution in [0.2, 0.25) is 0 Å². The summed E-state index contributed by atoms with van der Waals surface area (Å²) in [6.07, 6.45) is 3.18. The van der Waals surface area contributed by atoms with E-state index in [1.165, 1.54) is 0 Å². The fourth-order valence-electron chi connectivity index (χ4n) is 3.79. The molecule has 0 aromatic heterocycles. The van der Waals surface area contributed by atoms with Gasteiger partial charge in [-0.25, -0.2) is 4.79 Å². The van der Waals surface area contributed by atoms with Gasteiger partial charge in [-0.05, 0) is 41.9 Å². The number of carbonyl (C=O) groups excluding carboxylic acids is 1. The van der Waals surface area contributed by atoms with Gasteiger partial charge in [-0.15, -0.1) is 0 Å². The molecule has 1 aromatic rings. The molecule has 1 fully saturated rings. The minimum Gasteiger partial charge on any atom is -0.620 e. The normalized spacial score (nSPS) is 27.6. The molecule has 1 heterocycles. The second kappa shape index (κ2) is 5.80. The largest absolute Gasteiger partial charge is 0.620 e. The Morgan fingerprint density at radius 3 is 2.38 bits per heavy atom. The Labute approximate surface area is 142 Å². The van der Waals surface area contributed by atoms with E-state index in [1.807, 2.05) is 0 Å². The molecule has 3 rings (SSSR count). The molecule has 5 nitrogen and oxygen atoms in total. The molecule has 1 N–H and O–H groups in total. The molecule has 1 aliphatic heterocycles. The van der Waals surface area contributed by atoms with E-state index in [9.17, 15) is 15.1 Å². The summed E-state index contributed by atoms with van der Waals surface area (Å²) in [6, 6.07) is 6.53. The van der Waals surface area contributed by atoms with Crippen LogP contribution in [0.4, 0.5) is 0 Å². The van der Waals surface area contributed by atoms with Crippen LogP contribution >= 0.6 is 0 Å². The van der Waals surface area contributed by atoms with E-state index in [2.05, 4.69) is 20.8 Å². The van der Waals surface area contributed by atoms with Crippen molar-refractivity contribution in [2.75, 3.05) is 0 Å². The number of esters is 1. The lowest BCUT2D eigenvalue weighted by Crippen LogP contribution is -2.44. The molecular weight excluding hydrogens is 306 g/mol. The first kappa shape index (κ1) is 16.8. The zero-order chi connectivity index (χ0) is 17.5. The summed E-state index contributed by atoms with van der Waals surface area (Å²) in [6.45, 7) is 6.65. The minimum absolute atomic E-state index is 0.161. The van der Waals surface area contributed by atoms with Gasteiger partial charge in [-0.3, -0.25) is 0 Å². The average molecular weight is 331 g/mol. The van der Waals surface area contributed by atoms with Crippen molar-refractivity contribution in [3.05, 3.63) is 35.0 Å². The third kappa shape index (κ3) is 2.99. The third-order valence-electron chi connectivity index (χ3n) is 5.43. The van der Waals surface area contributed by atoms with Crippen LogP contribution in [0.15, 0.2) is 24.3 Å². The van der Waals surface area contributed by atoms with Crippen LogP contribution in [-0.4, -0.2) is 27.3 Å². The van der Waals surface area contributed by atoms with Crippen molar-refractivity contribution in [1.82, 2.24) is 0 Å². The van der Waals surface area contributed by atoms with E-state index in [4.69, 9.17) is 4.74 Å². The summed E-state index contributed by atoms with van der Waals surface area (Å²) in [5, 5.41) is 22.1. The molecule has 0 unspecified atom stereocenters. The van der Waals surface area contributed by atoms with E-state index in [1.54, 1.807) is 24.3 Å². The Balaban J connectivity index is 1.79. The number of carbonyl (C=O) groups is 1. The van der Waals surface area contributed by atoms with Gasteiger partial charge in [0.05, 0.1) is 19.3 Å². The van der Waals surface area contributed by atoms with Crippen LogP contribution in [0.25, 0.3) is 0 Å². The Hall–Kier alpha value is -2.04. The van der Waals surface area contributed by atoms with Crippen molar-refractivity contribution < 1.29 is 19.4 Å². The molecular formula is C19H25NO4. The number of hydrogen-bond donors (Lipinski definition) is 1. The highest BCUT2D eigenvalue weighted by atomic mass is 16.6. The lowest BCUT2D eigenvalue weighted by molar-refractivity contribution is -0.597. The van der Waals surface area contributed by atoms with E-state index >= 15 is 0 Å². The first-order valence-corrected chi connectivity index (χ1v) is 8.56. The van der Waals surface area contributed by atoms with Crippen molar-refractivity contribution in [2.24, 2.45) is 11.3 Å². The summed E-state index contributed by atoms with van der Waals surface area (Å²) < 4.78 is 6.38. The quantitative estimate of drug-likeness (QED) is 0.512. The number of nitrogens with zero attached hydrogens (tertiary/aromatic N) is 1. The number of rotatable bonds is 2. The summed E-state index contributed by atoms with van der Waals surface area (Å²) in [7, 11) is 0. The highest BCUT2D eigenvalue weighted by Gasteiger charge is 2.55. The van der Waals surface area contributed by atoms with Gasteiger partial charge in [0, 0.05) is 0 Å². The van der Waals surface area contributed by atoms with Crippen molar-refractivity contribution >= 4 is 11.7 Å². The van der Waals surface area contributed by atoms with Crippen LogP contribution < -0.4 is 0 Å². The second-order valence-electron chi connectivity index (χ2n) is 8.06. The number of phenolic OH excluding ortho intramolecular Hbond substituents is 1. The number of ether oxygens (including phenoxy) is 1. The maximum atomic E-state index is 12.8. The summed E-state index contributed by atoms with van der Waals surface area (Å²) >= 11 is 0. The van der Waals surface area contributed by atoms with Crippen molar-refractivity contribution in [3.8, 4) is 5.75 Å². The molecule has 1 aromatic carbocycles. The highest BCUT2D eigenvalue weighted by Crippen LogP contribution is 2.44. The van der Waals surface area contributed by atoms with Crippen LogP contribution in [0.3, 0.4) is 0 Å². The Morgan fingerprint density at radius 1 is 1.25 bits per heavy atom. The summed E-state index contributed by atoms with van der Waals surface area (Å²) in [5.41, 5.74) is 0.164. The van der Waals surface area contributed by atoms with Gasteiger partial charge < -0.3 is 15.1 Å². The maximum absolute atomic E-state index is 12.8. The summed E-state index contributed by atoms with van der Waals surface area (Å²) in [4.78, 5) is 12.3. The topological polar surface area (TPSA) is 72.6 Å². The molecule has 1 aliphatic carbocycles. The molecule has 130 valence electrons. The third-order valence-corrected chi connectivity index (χ3v) is 5.43. The van der Waals surface area contributed by atoms with Crippen LogP contribution in [0.1, 0.15) is 52.0 Å². The predicted octanol–water partition coefficient (Wildman–Crippen LogP) is 3.38. The smallest absolute Gasteiger partial charge is 0.405 e. The zero-order valence-electron chi connectivity index (χ0n) is 14.5. The Bertz CT molecular complexity index is 662. The maximum Gasteiger partial charge on any atom is 0.405 e. The molecule has 0 amide bonds. The average Bonchev–Trinajstić information content (AvgIpc) is 2.73. The van der Waals surface area contributed by atoms with Crippen molar-refractivity contribution in [2.45, 2.75) is 58.6 Å². The first-order chi connectivity index (χ1) is 11.2. The number of benzene rings is 1. The van der Waals surface area contributed by atoms with Crippen molar-refractivity contribution in [1.29, 1.82) is 0 Å². The molecule has 0 saturated heterocycles. The number of hydroxylamine groups is 1. The van der Waals surface area contributed by atoms with Gasteiger partial charge in [-0.2, -0.15) is 4.74 Å². The molecule has 5 heteroatoms. The zero-order valence-corrected chi connectivity index (χ0v) is 14.5. The molecule has 0 atom stereocenters. The highest BCUT2D eigenvalue weighted by molar-refractivity contribution is 6.35. The Kier molecular flexibility index (Phi) is 4.06. The fourth-order valence-corrected chi connectivity index (χ4v) is 3.79. The predicted molar refractivity (Wildman–Crippen MR) is 90.7 cm³/mol. The van der Waals surface area contributed by atoms with Crippen LogP contribution in [0.5, 0.6) is 5.75 Å². The van der Waals surface area contributed by atoms with Gasteiger partial charge in [0.2, 0.25) is 0 Å². The fraction of sp³-hybridized carbons (Fsp3) is 0.579. The van der Waals surface area contributed by atoms with Gasteiger partial charge >= 0.3 is 11.7 Å². The number of hydrogen-bond acceptors (Lipinski definition) is 4. The van der Waals surface area contributed by atoms with Gasteiger partial charge in [0.25, 0.3) is 5.71 Å². The van der Waals surface area contributed by atoms with E-state index in [0.717, 1.165) is 23.1 Å². The first-order valence-electron chi connectivity index (χ1n) is 8.56. The molecule has 1 saturated carbocycles. The van der Waals surface area contributed by atoms with Crippen molar-refractivity contribution in [3.63, 3.8) is 0 Å². The van der Waals surface area contributed by atoms with Gasteiger partial charge in [-0.1, -0.05) is 32.9 Å². The SMILES string of the molecule is CC(C)(C)C1CCC2(CC1)OC(=O)C(Cc1ccc(O)cc1)=[N+]2[O-]. The van der Waals surface area contributed by atoms with E-state index in [0.29, 0.717) is 18.8 Å². The number of phenols is 1. The lowest BCUT2D eigenvalue weighted by Gasteiger charge is -2.39. The minimum atomic E-state index is -1.01. The van der Waals surface area contributed by atoms with Crippen LogP contribution in [0, 0.1) is 16.5 Å². The number of aromatic hydroxyl groups is 1.